The quantitative estimate of drug-likeness (QED) is 0.757. The summed E-state index contributed by atoms with van der Waals surface area (Å²) < 4.78 is 10.9. The number of methoxy groups -OCH3 is 1. The van der Waals surface area contributed by atoms with E-state index in [1.807, 2.05) is 31.3 Å². The smallest absolute Gasteiger partial charge is 0.263 e. The van der Waals surface area contributed by atoms with E-state index in [-0.39, 0.29) is 12.0 Å². The maximum atomic E-state index is 11.9. The fraction of sp³-hybridized carbons (Fsp3) is 0.533. The number of likely N-dealkylation sites (tertiary alicyclic amines) is 1. The second-order valence-electron chi connectivity index (χ2n) is 4.93. The minimum absolute atomic E-state index is 0.0622. The summed E-state index contributed by atoms with van der Waals surface area (Å²) in [4.78, 5) is 13.6. The van der Waals surface area contributed by atoms with Gasteiger partial charge in [-0.1, -0.05) is 18.2 Å². The van der Waals surface area contributed by atoms with Gasteiger partial charge in [0.1, 0.15) is 5.75 Å². The predicted molar refractivity (Wildman–Crippen MR) is 76.7 cm³/mol. The molecule has 5 nitrogen and oxygen atoms in total. The van der Waals surface area contributed by atoms with Crippen molar-refractivity contribution in [1.29, 1.82) is 0 Å². The predicted octanol–water partition coefficient (Wildman–Crippen LogP) is 1.03. The van der Waals surface area contributed by atoms with Crippen molar-refractivity contribution in [2.45, 2.75) is 19.1 Å². The van der Waals surface area contributed by atoms with Crippen molar-refractivity contribution in [3.63, 3.8) is 0 Å². The zero-order valence-corrected chi connectivity index (χ0v) is 12.1. The Hall–Kier alpha value is -1.59. The van der Waals surface area contributed by atoms with Gasteiger partial charge in [-0.05, 0) is 6.07 Å². The summed E-state index contributed by atoms with van der Waals surface area (Å²) >= 11 is 0. The third kappa shape index (κ3) is 3.71. The first-order valence-electron chi connectivity index (χ1n) is 6.91. The number of para-hydroxylation sites is 1. The van der Waals surface area contributed by atoms with Crippen LogP contribution in [-0.2, 0) is 16.1 Å². The molecule has 1 aromatic rings. The average molecular weight is 278 g/mol. The molecule has 0 aromatic heterocycles. The maximum absolute atomic E-state index is 11.9. The number of hydrogen-bond acceptors (Lipinski definition) is 4. The number of likely N-dealkylation sites (N-methyl/N-ethyl adjacent to an activating group) is 1. The fourth-order valence-corrected chi connectivity index (χ4v) is 2.22. The van der Waals surface area contributed by atoms with Crippen molar-refractivity contribution in [3.8, 4) is 5.75 Å². The lowest BCUT2D eigenvalue weighted by atomic mass is 10.2. The van der Waals surface area contributed by atoms with Crippen LogP contribution in [0.5, 0.6) is 5.75 Å². The first-order valence-corrected chi connectivity index (χ1v) is 6.91. The molecule has 2 rings (SSSR count). The molecule has 1 N–H and O–H groups in total. The Morgan fingerprint density at radius 3 is 2.90 bits per heavy atom. The molecule has 1 aliphatic rings. The molecule has 1 amide bonds. The van der Waals surface area contributed by atoms with E-state index in [1.54, 1.807) is 12.0 Å². The van der Waals surface area contributed by atoms with Crippen molar-refractivity contribution < 1.29 is 14.3 Å². The van der Waals surface area contributed by atoms with Gasteiger partial charge < -0.3 is 19.7 Å². The molecule has 0 aliphatic carbocycles. The van der Waals surface area contributed by atoms with Crippen LogP contribution in [0, 0.1) is 0 Å². The van der Waals surface area contributed by atoms with E-state index < -0.39 is 0 Å². The lowest BCUT2D eigenvalue weighted by Gasteiger charge is -2.16. The van der Waals surface area contributed by atoms with E-state index in [9.17, 15) is 4.79 Å². The molecule has 1 atom stereocenters. The molecule has 1 aliphatic heterocycles. The number of amides is 1. The van der Waals surface area contributed by atoms with Gasteiger partial charge in [0.15, 0.2) is 6.10 Å². The summed E-state index contributed by atoms with van der Waals surface area (Å²) in [5.74, 6) is 0.846. The van der Waals surface area contributed by atoms with E-state index in [1.165, 1.54) is 0 Å². The topological polar surface area (TPSA) is 50.8 Å². The molecule has 1 saturated heterocycles. The molecular formula is C15H22N2O3. The van der Waals surface area contributed by atoms with E-state index in [0.29, 0.717) is 13.2 Å². The molecule has 0 saturated carbocycles. The summed E-state index contributed by atoms with van der Waals surface area (Å²) in [6, 6.07) is 7.83. The van der Waals surface area contributed by atoms with Crippen LogP contribution in [0.2, 0.25) is 0 Å². The molecule has 1 heterocycles. The second-order valence-corrected chi connectivity index (χ2v) is 4.93. The van der Waals surface area contributed by atoms with Crippen LogP contribution in [0.4, 0.5) is 0 Å². The standard InChI is InChI=1S/C15H22N2O3/c1-17-9-7-14(15(17)18)20-13-6-4-3-5-12(13)11-16-8-10-19-2/h3-6,14,16H,7-11H2,1-2H3. The maximum Gasteiger partial charge on any atom is 0.263 e. The summed E-state index contributed by atoms with van der Waals surface area (Å²) in [5.41, 5.74) is 1.06. The molecule has 0 bridgehead atoms. The summed E-state index contributed by atoms with van der Waals surface area (Å²) in [7, 11) is 3.49. The first kappa shape index (κ1) is 14.8. The highest BCUT2D eigenvalue weighted by Gasteiger charge is 2.31. The van der Waals surface area contributed by atoms with Crippen molar-refractivity contribution in [2.24, 2.45) is 0 Å². The highest BCUT2D eigenvalue weighted by Crippen LogP contribution is 2.22. The molecule has 1 aromatic carbocycles. The van der Waals surface area contributed by atoms with Crippen molar-refractivity contribution in [1.82, 2.24) is 10.2 Å². The minimum Gasteiger partial charge on any atom is -0.480 e. The SMILES string of the molecule is COCCNCc1ccccc1OC1CCN(C)C1=O. The van der Waals surface area contributed by atoms with E-state index in [2.05, 4.69) is 5.32 Å². The van der Waals surface area contributed by atoms with Gasteiger partial charge in [0.25, 0.3) is 5.91 Å². The number of carbonyl (C=O) groups is 1. The Bertz CT molecular complexity index is 450. The van der Waals surface area contributed by atoms with Gasteiger partial charge in [-0.15, -0.1) is 0 Å². The Balaban J connectivity index is 1.95. The molecule has 1 unspecified atom stereocenters. The van der Waals surface area contributed by atoms with Gasteiger partial charge in [0.05, 0.1) is 6.61 Å². The molecule has 110 valence electrons. The fourth-order valence-electron chi connectivity index (χ4n) is 2.22. The minimum atomic E-state index is -0.347. The van der Waals surface area contributed by atoms with Crippen molar-refractivity contribution in [2.75, 3.05) is 33.9 Å². The molecule has 0 radical (unpaired) electrons. The van der Waals surface area contributed by atoms with E-state index in [4.69, 9.17) is 9.47 Å². The Kier molecular flexibility index (Phi) is 5.38. The van der Waals surface area contributed by atoms with Crippen LogP contribution in [0.25, 0.3) is 0 Å². The van der Waals surface area contributed by atoms with Crippen LogP contribution in [0.1, 0.15) is 12.0 Å². The lowest BCUT2D eigenvalue weighted by Crippen LogP contribution is -2.30. The van der Waals surface area contributed by atoms with Gasteiger partial charge in [0, 0.05) is 45.8 Å². The number of nitrogens with zero attached hydrogens (tertiary/aromatic N) is 1. The van der Waals surface area contributed by atoms with Gasteiger partial charge >= 0.3 is 0 Å². The second kappa shape index (κ2) is 7.26. The largest absolute Gasteiger partial charge is 0.480 e. The van der Waals surface area contributed by atoms with Gasteiger partial charge in [-0.25, -0.2) is 0 Å². The van der Waals surface area contributed by atoms with Gasteiger partial charge in [-0.3, -0.25) is 4.79 Å². The number of hydrogen-bond donors (Lipinski definition) is 1. The summed E-state index contributed by atoms with van der Waals surface area (Å²) in [5, 5.41) is 3.29. The van der Waals surface area contributed by atoms with Crippen LogP contribution in [0.15, 0.2) is 24.3 Å². The normalized spacial score (nSPS) is 18.6. The molecule has 0 spiro atoms. The molecule has 20 heavy (non-hydrogen) atoms. The van der Waals surface area contributed by atoms with Crippen LogP contribution in [-0.4, -0.2) is 50.8 Å². The third-order valence-corrected chi connectivity index (χ3v) is 3.42. The van der Waals surface area contributed by atoms with E-state index in [0.717, 1.165) is 30.8 Å². The summed E-state index contributed by atoms with van der Waals surface area (Å²) in [6.45, 7) is 2.93. The Morgan fingerprint density at radius 1 is 1.40 bits per heavy atom. The number of benzene rings is 1. The van der Waals surface area contributed by atoms with E-state index >= 15 is 0 Å². The van der Waals surface area contributed by atoms with Crippen LogP contribution >= 0.6 is 0 Å². The Labute approximate surface area is 119 Å². The number of rotatable bonds is 7. The van der Waals surface area contributed by atoms with Crippen LogP contribution < -0.4 is 10.1 Å². The monoisotopic (exact) mass is 278 g/mol. The van der Waals surface area contributed by atoms with Crippen molar-refractivity contribution >= 4 is 5.91 Å². The average Bonchev–Trinajstić information content (AvgIpc) is 2.77. The molecule has 1 fully saturated rings. The first-order chi connectivity index (χ1) is 9.72. The Morgan fingerprint density at radius 2 is 2.20 bits per heavy atom. The number of carbonyl (C=O) groups excluding carboxylic acids is 1. The molecule has 5 heteroatoms. The highest BCUT2D eigenvalue weighted by molar-refractivity contribution is 5.83. The van der Waals surface area contributed by atoms with Gasteiger partial charge in [0.2, 0.25) is 0 Å². The third-order valence-electron chi connectivity index (χ3n) is 3.42. The number of ether oxygens (including phenoxy) is 2. The van der Waals surface area contributed by atoms with Crippen molar-refractivity contribution in [3.05, 3.63) is 29.8 Å². The number of nitrogens with one attached hydrogen (secondary N) is 1. The van der Waals surface area contributed by atoms with Crippen LogP contribution in [0.3, 0.4) is 0 Å². The lowest BCUT2D eigenvalue weighted by molar-refractivity contribution is -0.132. The molecular weight excluding hydrogens is 256 g/mol. The zero-order valence-electron chi connectivity index (χ0n) is 12.1. The zero-order chi connectivity index (χ0) is 14.4. The summed E-state index contributed by atoms with van der Waals surface area (Å²) in [6.07, 6.45) is 0.404. The highest BCUT2D eigenvalue weighted by atomic mass is 16.5. The van der Waals surface area contributed by atoms with Gasteiger partial charge in [-0.2, -0.15) is 0 Å².